The zero-order valence-electron chi connectivity index (χ0n) is 26.8. The van der Waals surface area contributed by atoms with Gasteiger partial charge in [0.25, 0.3) is 5.69 Å². The Balaban J connectivity index is 1.67. The van der Waals surface area contributed by atoms with E-state index in [1.807, 2.05) is 6.07 Å². The minimum atomic E-state index is -2.43. The lowest BCUT2D eigenvalue weighted by atomic mass is 10.0. The van der Waals surface area contributed by atoms with Crippen molar-refractivity contribution in [1.82, 2.24) is 14.9 Å². The summed E-state index contributed by atoms with van der Waals surface area (Å²) >= 11 is 0. The number of ether oxygens (including phenoxy) is 3. The van der Waals surface area contributed by atoms with Crippen molar-refractivity contribution < 1.29 is 37.6 Å². The summed E-state index contributed by atoms with van der Waals surface area (Å²) < 4.78 is 29.2. The lowest BCUT2D eigenvalue weighted by molar-refractivity contribution is -0.384. The van der Waals surface area contributed by atoms with Crippen molar-refractivity contribution in [3.8, 4) is 17.2 Å². The predicted octanol–water partition coefficient (Wildman–Crippen LogP) is 6.78. The molecule has 14 heteroatoms. The van der Waals surface area contributed by atoms with E-state index in [4.69, 9.17) is 23.1 Å². The molecule has 0 aliphatic carbocycles. The number of hydrogen-bond donors (Lipinski definition) is 0. The van der Waals surface area contributed by atoms with Gasteiger partial charge in [0.2, 0.25) is 0 Å². The van der Waals surface area contributed by atoms with Gasteiger partial charge in [0.05, 0.1) is 23.7 Å². The molecular weight excluding hydrogens is 600 g/mol. The number of aromatic nitrogens is 2. The minimum absolute atomic E-state index is 0.0678. The number of oxazole rings is 1. The molecule has 3 aromatic rings. The first kappa shape index (κ1) is 33.6. The standard InChI is InChI=1S/C31H40N4O9Si/c1-30(2,3)43-28(36)34-18-26(44-45(7,8)31(4,5)6)27(42-29(37)41-22-12-10-21(11-13-22)35(38)39)24(34)15-20-9-14-23(33-16-20)25-17-32-19-40-25/h9-14,16-17,19,24,26-27H,15,18H2,1-8H3/t24-,26+,27+/m1/s1. The van der Waals surface area contributed by atoms with E-state index in [0.717, 1.165) is 5.56 Å². The number of rotatable bonds is 8. The molecule has 242 valence electrons. The Kier molecular flexibility index (Phi) is 9.68. The van der Waals surface area contributed by atoms with E-state index < -0.39 is 49.3 Å². The maximum absolute atomic E-state index is 13.6. The van der Waals surface area contributed by atoms with Gasteiger partial charge < -0.3 is 23.1 Å². The van der Waals surface area contributed by atoms with Gasteiger partial charge in [0.15, 0.2) is 26.6 Å². The van der Waals surface area contributed by atoms with Crippen LogP contribution in [0.2, 0.25) is 18.1 Å². The lowest BCUT2D eigenvalue weighted by Gasteiger charge is -2.39. The van der Waals surface area contributed by atoms with Gasteiger partial charge in [-0.2, -0.15) is 0 Å². The Morgan fingerprint density at radius 3 is 2.29 bits per heavy atom. The molecule has 2 aromatic heterocycles. The molecule has 0 unspecified atom stereocenters. The number of carbonyl (C=O) groups excluding carboxylic acids is 2. The summed E-state index contributed by atoms with van der Waals surface area (Å²) in [7, 11) is -2.43. The van der Waals surface area contributed by atoms with E-state index >= 15 is 0 Å². The zero-order valence-corrected chi connectivity index (χ0v) is 27.8. The van der Waals surface area contributed by atoms with E-state index in [-0.39, 0.29) is 29.4 Å². The van der Waals surface area contributed by atoms with Gasteiger partial charge in [-0.25, -0.2) is 14.6 Å². The molecule has 0 radical (unpaired) electrons. The number of carbonyl (C=O) groups is 2. The van der Waals surface area contributed by atoms with Crippen molar-refractivity contribution in [1.29, 1.82) is 0 Å². The first-order valence-corrected chi connectivity index (χ1v) is 17.5. The molecule has 3 atom stereocenters. The maximum atomic E-state index is 13.6. The van der Waals surface area contributed by atoms with E-state index in [1.165, 1.54) is 35.6 Å². The molecule has 0 spiro atoms. The fourth-order valence-corrected chi connectivity index (χ4v) is 5.89. The SMILES string of the molecule is CC(C)(C)OC(=O)N1C[C@H](O[Si](C)(C)C(C)(C)C)[C@@H](OC(=O)Oc2ccc([N+](=O)[O-])cc2)[C@H]1Cc1ccc(-c2cnco2)nc1. The van der Waals surface area contributed by atoms with Gasteiger partial charge in [-0.05, 0) is 69.1 Å². The Labute approximate surface area is 263 Å². The second kappa shape index (κ2) is 13.0. The van der Waals surface area contributed by atoms with Crippen LogP contribution in [0.5, 0.6) is 5.75 Å². The molecule has 4 rings (SSSR count). The smallest absolute Gasteiger partial charge is 0.444 e. The van der Waals surface area contributed by atoms with Crippen molar-refractivity contribution in [3.63, 3.8) is 0 Å². The summed E-state index contributed by atoms with van der Waals surface area (Å²) in [5.41, 5.74) is 0.434. The molecule has 0 N–H and O–H groups in total. The highest BCUT2D eigenvalue weighted by Crippen LogP contribution is 2.40. The molecule has 45 heavy (non-hydrogen) atoms. The van der Waals surface area contributed by atoms with E-state index in [0.29, 0.717) is 11.5 Å². The second-order valence-electron chi connectivity index (χ2n) is 13.4. The van der Waals surface area contributed by atoms with Crippen LogP contribution in [-0.2, 0) is 20.3 Å². The number of nitro benzene ring substituents is 1. The third-order valence-electron chi connectivity index (χ3n) is 7.84. The first-order valence-electron chi connectivity index (χ1n) is 14.6. The predicted molar refractivity (Wildman–Crippen MR) is 166 cm³/mol. The van der Waals surface area contributed by atoms with Gasteiger partial charge >= 0.3 is 12.2 Å². The van der Waals surface area contributed by atoms with Gasteiger partial charge in [-0.1, -0.05) is 26.8 Å². The third kappa shape index (κ3) is 8.45. The number of non-ortho nitro benzene ring substituents is 1. The van der Waals surface area contributed by atoms with E-state index in [2.05, 4.69) is 43.8 Å². The highest BCUT2D eigenvalue weighted by atomic mass is 28.4. The summed E-state index contributed by atoms with van der Waals surface area (Å²) in [4.78, 5) is 47.2. The monoisotopic (exact) mass is 640 g/mol. The van der Waals surface area contributed by atoms with Crippen LogP contribution >= 0.6 is 0 Å². The summed E-state index contributed by atoms with van der Waals surface area (Å²) in [5.74, 6) is 0.578. The fourth-order valence-electron chi connectivity index (χ4n) is 4.57. The molecule has 0 saturated carbocycles. The van der Waals surface area contributed by atoms with E-state index in [1.54, 1.807) is 39.2 Å². The largest absolute Gasteiger partial charge is 0.514 e. The van der Waals surface area contributed by atoms with E-state index in [9.17, 15) is 19.7 Å². The van der Waals surface area contributed by atoms with Gasteiger partial charge in [0.1, 0.15) is 23.1 Å². The van der Waals surface area contributed by atoms with Crippen molar-refractivity contribution in [2.75, 3.05) is 6.54 Å². The first-order chi connectivity index (χ1) is 20.9. The Bertz CT molecular complexity index is 1480. The van der Waals surface area contributed by atoms with Gasteiger partial charge in [-0.15, -0.1) is 0 Å². The van der Waals surface area contributed by atoms with Crippen LogP contribution in [0, 0.1) is 10.1 Å². The fraction of sp³-hybridized carbons (Fsp3) is 0.484. The van der Waals surface area contributed by atoms with Crippen LogP contribution in [0.25, 0.3) is 11.5 Å². The molecule has 1 amide bonds. The van der Waals surface area contributed by atoms with Gasteiger partial charge in [-0.3, -0.25) is 20.0 Å². The minimum Gasteiger partial charge on any atom is -0.444 e. The molecule has 1 saturated heterocycles. The second-order valence-corrected chi connectivity index (χ2v) is 18.2. The number of pyridine rings is 1. The maximum Gasteiger partial charge on any atom is 0.514 e. The van der Waals surface area contributed by atoms with Crippen LogP contribution < -0.4 is 4.74 Å². The highest BCUT2D eigenvalue weighted by molar-refractivity contribution is 6.74. The molecule has 1 fully saturated rings. The van der Waals surface area contributed by atoms with Crippen LogP contribution in [0.1, 0.15) is 47.1 Å². The molecule has 13 nitrogen and oxygen atoms in total. The number of hydrogen-bond acceptors (Lipinski definition) is 11. The number of amides is 1. The summed E-state index contributed by atoms with van der Waals surface area (Å²) in [6, 6.07) is 8.01. The van der Waals surface area contributed by atoms with Crippen LogP contribution in [-0.4, -0.2) is 70.8 Å². The average molecular weight is 641 g/mol. The Hall–Kier alpha value is -4.30. The van der Waals surface area contributed by atoms with Gasteiger partial charge in [0, 0.05) is 18.3 Å². The molecule has 1 aliphatic rings. The number of likely N-dealkylation sites (tertiary alicyclic amines) is 1. The summed E-state index contributed by atoms with van der Waals surface area (Å²) in [6.07, 6.45) is 1.58. The zero-order chi connectivity index (χ0) is 33.2. The van der Waals surface area contributed by atoms with Crippen molar-refractivity contribution >= 4 is 26.3 Å². The average Bonchev–Trinajstić information content (AvgIpc) is 3.57. The number of nitro groups is 1. The number of benzene rings is 1. The number of nitrogens with zero attached hydrogens (tertiary/aromatic N) is 4. The lowest BCUT2D eigenvalue weighted by Crippen LogP contribution is -2.49. The normalized spacial score (nSPS) is 18.8. The van der Waals surface area contributed by atoms with Crippen molar-refractivity contribution in [2.45, 2.75) is 89.9 Å². The molecule has 3 heterocycles. The van der Waals surface area contributed by atoms with Crippen LogP contribution in [0.3, 0.4) is 0 Å². The summed E-state index contributed by atoms with van der Waals surface area (Å²) in [6.45, 7) is 15.9. The molecule has 1 aliphatic heterocycles. The topological polar surface area (TPSA) is 156 Å². The highest BCUT2D eigenvalue weighted by Gasteiger charge is 2.52. The van der Waals surface area contributed by atoms with Crippen LogP contribution in [0.15, 0.2) is 59.6 Å². The van der Waals surface area contributed by atoms with Crippen molar-refractivity contribution in [3.05, 3.63) is 70.9 Å². The third-order valence-corrected chi connectivity index (χ3v) is 12.3. The summed E-state index contributed by atoms with van der Waals surface area (Å²) in [5, 5.41) is 10.9. The Morgan fingerprint density at radius 1 is 1.07 bits per heavy atom. The molecular formula is C31H40N4O9Si. The Morgan fingerprint density at radius 2 is 1.76 bits per heavy atom. The quantitative estimate of drug-likeness (QED) is 0.0840. The van der Waals surface area contributed by atoms with Crippen molar-refractivity contribution in [2.24, 2.45) is 0 Å². The molecule has 0 bridgehead atoms. The van der Waals surface area contributed by atoms with Crippen LogP contribution in [0.4, 0.5) is 15.3 Å². The molecule has 1 aromatic carbocycles.